The number of carboxylic acids is 1. The summed E-state index contributed by atoms with van der Waals surface area (Å²) in [4.78, 5) is 35.6. The average molecular weight is 355 g/mol. The van der Waals surface area contributed by atoms with Gasteiger partial charge in [0.15, 0.2) is 5.78 Å². The minimum Gasteiger partial charge on any atom is -0.506 e. The van der Waals surface area contributed by atoms with Crippen molar-refractivity contribution in [3.8, 4) is 11.5 Å². The van der Waals surface area contributed by atoms with Crippen molar-refractivity contribution in [2.24, 2.45) is 0 Å². The Bertz CT molecular complexity index is 932. The Morgan fingerprint density at radius 3 is 2.46 bits per heavy atom. The number of ether oxygens (including phenoxy) is 1. The minimum atomic E-state index is -1.19. The summed E-state index contributed by atoms with van der Waals surface area (Å²) < 4.78 is 5.75. The topological polar surface area (TPSA) is 113 Å². The predicted octanol–water partition coefficient (Wildman–Crippen LogP) is 3.09. The van der Waals surface area contributed by atoms with Crippen LogP contribution in [0.2, 0.25) is 0 Å². The normalized spacial score (nSPS) is 14.9. The zero-order valence-corrected chi connectivity index (χ0v) is 14.2. The number of carbonyl (C=O) groups excluding carboxylic acids is 2. The van der Waals surface area contributed by atoms with Crippen molar-refractivity contribution < 1.29 is 29.3 Å². The molecule has 134 valence electrons. The summed E-state index contributed by atoms with van der Waals surface area (Å²) in [5, 5.41) is 21.3. The molecule has 3 N–H and O–H groups in total. The van der Waals surface area contributed by atoms with E-state index in [1.54, 1.807) is 6.07 Å². The number of phenols is 1. The number of nitrogens with one attached hydrogen (secondary N) is 1. The van der Waals surface area contributed by atoms with Gasteiger partial charge in [0.05, 0.1) is 23.2 Å². The first-order valence-electron chi connectivity index (χ1n) is 7.90. The first-order chi connectivity index (χ1) is 12.2. The zero-order valence-electron chi connectivity index (χ0n) is 14.2. The number of anilines is 1. The van der Waals surface area contributed by atoms with Crippen molar-refractivity contribution in [1.29, 1.82) is 0 Å². The Kier molecular flexibility index (Phi) is 4.15. The number of rotatable bonds is 3. The number of aromatic carboxylic acids is 1. The van der Waals surface area contributed by atoms with E-state index in [1.165, 1.54) is 24.3 Å². The van der Waals surface area contributed by atoms with Gasteiger partial charge in [-0.1, -0.05) is 0 Å². The number of carboxylic acid groups (broad SMARTS) is 1. The second-order valence-corrected chi connectivity index (χ2v) is 6.66. The molecule has 0 fully saturated rings. The first kappa shape index (κ1) is 17.5. The molecule has 2 aromatic carbocycles. The Morgan fingerprint density at radius 1 is 1.12 bits per heavy atom. The van der Waals surface area contributed by atoms with Gasteiger partial charge in [-0.05, 0) is 50.2 Å². The number of ketones is 1. The number of amides is 1. The Morgan fingerprint density at radius 2 is 1.81 bits per heavy atom. The van der Waals surface area contributed by atoms with Gasteiger partial charge < -0.3 is 20.3 Å². The molecule has 0 aliphatic carbocycles. The molecule has 3 rings (SSSR count). The smallest absolute Gasteiger partial charge is 0.335 e. The van der Waals surface area contributed by atoms with Crippen molar-refractivity contribution in [3.63, 3.8) is 0 Å². The maximum atomic E-state index is 12.4. The van der Waals surface area contributed by atoms with E-state index >= 15 is 0 Å². The number of benzene rings is 2. The van der Waals surface area contributed by atoms with Crippen LogP contribution in [0.4, 0.5) is 5.69 Å². The van der Waals surface area contributed by atoms with E-state index in [2.05, 4.69) is 5.32 Å². The molecular formula is C19H17NO6. The predicted molar refractivity (Wildman–Crippen MR) is 93.1 cm³/mol. The second-order valence-electron chi connectivity index (χ2n) is 6.66. The molecule has 0 spiro atoms. The number of hydrogen-bond acceptors (Lipinski definition) is 5. The first-order valence-corrected chi connectivity index (χ1v) is 7.90. The molecule has 0 bridgehead atoms. The summed E-state index contributed by atoms with van der Waals surface area (Å²) in [5.41, 5.74) is -0.0588. The fourth-order valence-electron chi connectivity index (χ4n) is 2.76. The van der Waals surface area contributed by atoms with Gasteiger partial charge in [0, 0.05) is 5.56 Å². The Labute approximate surface area is 149 Å². The molecule has 0 atom stereocenters. The Balaban J connectivity index is 1.85. The van der Waals surface area contributed by atoms with Crippen molar-refractivity contribution in [3.05, 3.63) is 53.1 Å². The third-order valence-electron chi connectivity index (χ3n) is 4.01. The Hall–Kier alpha value is -3.35. The average Bonchev–Trinajstić information content (AvgIpc) is 2.55. The van der Waals surface area contributed by atoms with Crippen LogP contribution in [0.3, 0.4) is 0 Å². The van der Waals surface area contributed by atoms with Crippen molar-refractivity contribution in [2.45, 2.75) is 25.9 Å². The fraction of sp³-hybridized carbons (Fsp3) is 0.211. The lowest BCUT2D eigenvalue weighted by Gasteiger charge is -2.31. The van der Waals surface area contributed by atoms with Gasteiger partial charge in [-0.15, -0.1) is 0 Å². The van der Waals surface area contributed by atoms with Crippen LogP contribution in [0.15, 0.2) is 36.4 Å². The summed E-state index contributed by atoms with van der Waals surface area (Å²) >= 11 is 0. The summed E-state index contributed by atoms with van der Waals surface area (Å²) in [6.45, 7) is 3.63. The number of phenolic OH excluding ortho intramolecular Hbond substituents is 1. The molecule has 0 saturated heterocycles. The van der Waals surface area contributed by atoms with Crippen molar-refractivity contribution in [2.75, 3.05) is 5.32 Å². The van der Waals surface area contributed by atoms with Crippen molar-refractivity contribution in [1.82, 2.24) is 0 Å². The molecule has 26 heavy (non-hydrogen) atoms. The van der Waals surface area contributed by atoms with Crippen LogP contribution in [0.25, 0.3) is 0 Å². The van der Waals surface area contributed by atoms with Crippen molar-refractivity contribution >= 4 is 23.3 Å². The fourth-order valence-corrected chi connectivity index (χ4v) is 2.76. The molecule has 1 amide bonds. The van der Waals surface area contributed by atoms with E-state index in [0.717, 1.165) is 6.07 Å². The quantitative estimate of drug-likeness (QED) is 0.729. The summed E-state index contributed by atoms with van der Waals surface area (Å²) in [6, 6.07) is 8.15. The van der Waals surface area contributed by atoms with Gasteiger partial charge in [-0.3, -0.25) is 9.59 Å². The van der Waals surface area contributed by atoms with E-state index in [1.807, 2.05) is 13.8 Å². The SMILES string of the molecule is CC1(C)CC(=O)c2cc(C(=O)Nc3ccc(C(=O)O)cc3O)ccc2O1. The molecular weight excluding hydrogens is 338 g/mol. The standard InChI is InChI=1S/C19H17NO6/c1-19(2)9-15(22)12-7-10(4-6-16(12)26-19)17(23)20-13-5-3-11(18(24)25)8-14(13)21/h3-8,21H,9H2,1-2H3,(H,20,23)(H,24,25). The highest BCUT2D eigenvalue weighted by molar-refractivity contribution is 6.08. The monoisotopic (exact) mass is 355 g/mol. The van der Waals surface area contributed by atoms with Gasteiger partial charge >= 0.3 is 5.97 Å². The highest BCUT2D eigenvalue weighted by Crippen LogP contribution is 2.34. The van der Waals surface area contributed by atoms with Crippen LogP contribution in [0.5, 0.6) is 11.5 Å². The molecule has 1 aliphatic rings. The van der Waals surface area contributed by atoms with Gasteiger partial charge in [0.25, 0.3) is 5.91 Å². The zero-order chi connectivity index (χ0) is 19.1. The van der Waals surface area contributed by atoms with Gasteiger partial charge in [0.2, 0.25) is 0 Å². The van der Waals surface area contributed by atoms with E-state index in [-0.39, 0.29) is 34.8 Å². The third-order valence-corrected chi connectivity index (χ3v) is 4.01. The lowest BCUT2D eigenvalue weighted by Crippen LogP contribution is -2.36. The third kappa shape index (κ3) is 3.37. The largest absolute Gasteiger partial charge is 0.506 e. The van der Waals surface area contributed by atoms with Gasteiger partial charge in [0.1, 0.15) is 17.1 Å². The number of hydrogen-bond donors (Lipinski definition) is 3. The lowest BCUT2D eigenvalue weighted by molar-refractivity contribution is 0.0618. The van der Waals surface area contributed by atoms with E-state index in [9.17, 15) is 19.5 Å². The van der Waals surface area contributed by atoms with Crippen LogP contribution in [0.1, 0.15) is 51.3 Å². The molecule has 0 radical (unpaired) electrons. The van der Waals surface area contributed by atoms with E-state index in [0.29, 0.717) is 11.3 Å². The van der Waals surface area contributed by atoms with Crippen LogP contribution in [-0.2, 0) is 0 Å². The van der Waals surface area contributed by atoms with Gasteiger partial charge in [-0.25, -0.2) is 4.79 Å². The van der Waals surface area contributed by atoms with Crippen LogP contribution in [0, 0.1) is 0 Å². The molecule has 1 aliphatic heterocycles. The van der Waals surface area contributed by atoms with E-state index in [4.69, 9.17) is 9.84 Å². The summed E-state index contributed by atoms with van der Waals surface area (Å²) in [5.74, 6) is -1.77. The molecule has 7 heteroatoms. The molecule has 0 unspecified atom stereocenters. The van der Waals surface area contributed by atoms with Crippen LogP contribution >= 0.6 is 0 Å². The number of Topliss-reactive ketones (excluding diaryl/α,β-unsaturated/α-hetero) is 1. The van der Waals surface area contributed by atoms with Gasteiger partial charge in [-0.2, -0.15) is 0 Å². The summed E-state index contributed by atoms with van der Waals surface area (Å²) in [6.07, 6.45) is 0.211. The number of fused-ring (bicyclic) bond motifs is 1. The highest BCUT2D eigenvalue weighted by Gasteiger charge is 2.32. The maximum Gasteiger partial charge on any atom is 0.335 e. The van der Waals surface area contributed by atoms with Crippen LogP contribution in [-0.4, -0.2) is 33.5 Å². The minimum absolute atomic E-state index is 0.0708. The molecule has 2 aromatic rings. The van der Waals surface area contributed by atoms with E-state index < -0.39 is 17.5 Å². The molecule has 0 saturated carbocycles. The highest BCUT2D eigenvalue weighted by atomic mass is 16.5. The molecule has 1 heterocycles. The molecule has 7 nitrogen and oxygen atoms in total. The molecule has 0 aromatic heterocycles. The second kappa shape index (κ2) is 6.18. The summed E-state index contributed by atoms with van der Waals surface area (Å²) in [7, 11) is 0. The number of aromatic hydroxyl groups is 1. The lowest BCUT2D eigenvalue weighted by atomic mass is 9.92. The number of carbonyl (C=O) groups is 3. The maximum absolute atomic E-state index is 12.4. The van der Waals surface area contributed by atoms with Crippen LogP contribution < -0.4 is 10.1 Å².